The standard InChI is InChI=1S/C20H31NO2/c1-4-6-7-8-9-12-17-21(3)19-14-11-10-13-18(19)15-16-20(22)23-5-2/h10-11,13-16H,4-9,12,17H2,1-3H3/b16-15+. The van der Waals surface area contributed by atoms with E-state index in [4.69, 9.17) is 4.74 Å². The van der Waals surface area contributed by atoms with E-state index in [9.17, 15) is 4.79 Å². The first kappa shape index (κ1) is 19.3. The quantitative estimate of drug-likeness (QED) is 0.324. The molecule has 23 heavy (non-hydrogen) atoms. The summed E-state index contributed by atoms with van der Waals surface area (Å²) in [5, 5.41) is 0. The summed E-state index contributed by atoms with van der Waals surface area (Å²) in [5.41, 5.74) is 2.20. The van der Waals surface area contributed by atoms with Crippen molar-refractivity contribution in [3.8, 4) is 0 Å². The Morgan fingerprint density at radius 1 is 1.09 bits per heavy atom. The van der Waals surface area contributed by atoms with E-state index in [1.165, 1.54) is 44.6 Å². The topological polar surface area (TPSA) is 29.5 Å². The van der Waals surface area contributed by atoms with Crippen molar-refractivity contribution < 1.29 is 9.53 Å². The molecule has 0 amide bonds. The lowest BCUT2D eigenvalue weighted by Crippen LogP contribution is -2.19. The van der Waals surface area contributed by atoms with Crippen molar-refractivity contribution >= 4 is 17.7 Å². The van der Waals surface area contributed by atoms with Crippen LogP contribution in [0.1, 0.15) is 57.9 Å². The van der Waals surface area contributed by atoms with Gasteiger partial charge in [0, 0.05) is 25.4 Å². The number of unbranched alkanes of at least 4 members (excludes halogenated alkanes) is 5. The third-order valence-corrected chi connectivity index (χ3v) is 3.88. The molecule has 1 aromatic carbocycles. The number of hydrogen-bond acceptors (Lipinski definition) is 3. The van der Waals surface area contributed by atoms with Gasteiger partial charge in [-0.15, -0.1) is 0 Å². The lowest BCUT2D eigenvalue weighted by Gasteiger charge is -2.21. The van der Waals surface area contributed by atoms with Crippen molar-refractivity contribution in [2.75, 3.05) is 25.1 Å². The fraction of sp³-hybridized carbons (Fsp3) is 0.550. The molecule has 0 aliphatic carbocycles. The summed E-state index contributed by atoms with van der Waals surface area (Å²) in [5.74, 6) is -0.291. The van der Waals surface area contributed by atoms with Crippen molar-refractivity contribution in [3.05, 3.63) is 35.9 Å². The van der Waals surface area contributed by atoms with Crippen LogP contribution in [-0.2, 0) is 9.53 Å². The lowest BCUT2D eigenvalue weighted by atomic mass is 10.1. The second kappa shape index (κ2) is 11.8. The van der Waals surface area contributed by atoms with Crippen molar-refractivity contribution in [2.45, 2.75) is 52.4 Å². The van der Waals surface area contributed by atoms with E-state index in [-0.39, 0.29) is 5.97 Å². The summed E-state index contributed by atoms with van der Waals surface area (Å²) in [6.45, 7) is 5.50. The molecule has 3 heteroatoms. The van der Waals surface area contributed by atoms with Crippen LogP contribution >= 0.6 is 0 Å². The number of benzene rings is 1. The predicted molar refractivity (Wildman–Crippen MR) is 98.8 cm³/mol. The number of ether oxygens (including phenoxy) is 1. The Hall–Kier alpha value is -1.77. The third kappa shape index (κ3) is 7.87. The highest BCUT2D eigenvalue weighted by molar-refractivity contribution is 5.88. The van der Waals surface area contributed by atoms with Crippen LogP contribution in [-0.4, -0.2) is 26.2 Å². The molecule has 1 aromatic rings. The van der Waals surface area contributed by atoms with Gasteiger partial charge in [-0.2, -0.15) is 0 Å². The van der Waals surface area contributed by atoms with Gasteiger partial charge in [0.15, 0.2) is 0 Å². The molecule has 128 valence electrons. The Morgan fingerprint density at radius 3 is 2.52 bits per heavy atom. The molecule has 0 fully saturated rings. The van der Waals surface area contributed by atoms with Crippen LogP contribution in [0, 0.1) is 0 Å². The van der Waals surface area contributed by atoms with Gasteiger partial charge >= 0.3 is 5.97 Å². The zero-order valence-corrected chi connectivity index (χ0v) is 14.9. The van der Waals surface area contributed by atoms with Gasteiger partial charge in [-0.05, 0) is 31.1 Å². The summed E-state index contributed by atoms with van der Waals surface area (Å²) in [6.07, 6.45) is 11.1. The highest BCUT2D eigenvalue weighted by atomic mass is 16.5. The van der Waals surface area contributed by atoms with Gasteiger partial charge in [0.1, 0.15) is 0 Å². The molecular formula is C20H31NO2. The maximum atomic E-state index is 11.5. The second-order valence-corrected chi connectivity index (χ2v) is 5.83. The molecule has 1 rings (SSSR count). The summed E-state index contributed by atoms with van der Waals surface area (Å²) in [4.78, 5) is 13.7. The number of hydrogen-bond donors (Lipinski definition) is 0. The fourth-order valence-corrected chi connectivity index (χ4v) is 2.57. The maximum Gasteiger partial charge on any atom is 0.330 e. The van der Waals surface area contributed by atoms with E-state index in [1.807, 2.05) is 31.2 Å². The van der Waals surface area contributed by atoms with Gasteiger partial charge in [0.05, 0.1) is 6.61 Å². The Kier molecular flexibility index (Phi) is 9.85. The fourth-order valence-electron chi connectivity index (χ4n) is 2.57. The third-order valence-electron chi connectivity index (χ3n) is 3.88. The Balaban J connectivity index is 2.53. The number of rotatable bonds is 11. The van der Waals surface area contributed by atoms with Crippen molar-refractivity contribution in [1.82, 2.24) is 0 Å². The van der Waals surface area contributed by atoms with Gasteiger partial charge in [-0.3, -0.25) is 0 Å². The summed E-state index contributed by atoms with van der Waals surface area (Å²) in [7, 11) is 2.11. The molecule has 0 saturated carbocycles. The normalized spacial score (nSPS) is 10.9. The van der Waals surface area contributed by atoms with Crippen LogP contribution in [0.4, 0.5) is 5.69 Å². The van der Waals surface area contributed by atoms with Gasteiger partial charge in [0.2, 0.25) is 0 Å². The first-order chi connectivity index (χ1) is 11.2. The van der Waals surface area contributed by atoms with E-state index in [2.05, 4.69) is 24.9 Å². The summed E-state index contributed by atoms with van der Waals surface area (Å²) in [6, 6.07) is 8.16. The van der Waals surface area contributed by atoms with E-state index in [1.54, 1.807) is 0 Å². The van der Waals surface area contributed by atoms with Gasteiger partial charge in [-0.1, -0.05) is 57.2 Å². The molecule has 0 unspecified atom stereocenters. The molecule has 0 aromatic heterocycles. The first-order valence-electron chi connectivity index (χ1n) is 8.84. The Morgan fingerprint density at radius 2 is 1.78 bits per heavy atom. The highest BCUT2D eigenvalue weighted by Crippen LogP contribution is 2.21. The van der Waals surface area contributed by atoms with Crippen molar-refractivity contribution in [2.24, 2.45) is 0 Å². The van der Waals surface area contributed by atoms with Crippen LogP contribution in [0.2, 0.25) is 0 Å². The number of carbonyl (C=O) groups excluding carboxylic acids is 1. The SMILES string of the molecule is CCCCCCCCN(C)c1ccccc1/C=C/C(=O)OCC. The highest BCUT2D eigenvalue weighted by Gasteiger charge is 2.05. The van der Waals surface area contributed by atoms with Crippen molar-refractivity contribution in [3.63, 3.8) is 0 Å². The number of para-hydroxylation sites is 1. The van der Waals surface area contributed by atoms with Crippen LogP contribution in [0.25, 0.3) is 6.08 Å². The number of nitrogens with zero attached hydrogens (tertiary/aromatic N) is 1. The first-order valence-corrected chi connectivity index (χ1v) is 8.84. The molecule has 0 aliphatic heterocycles. The predicted octanol–water partition coefficient (Wildman–Crippen LogP) is 5.06. The molecule has 0 heterocycles. The summed E-state index contributed by atoms with van der Waals surface area (Å²) < 4.78 is 4.94. The van der Waals surface area contributed by atoms with Gasteiger partial charge < -0.3 is 9.64 Å². The van der Waals surface area contributed by atoms with Gasteiger partial charge in [-0.25, -0.2) is 4.79 Å². The maximum absolute atomic E-state index is 11.5. The average molecular weight is 317 g/mol. The monoisotopic (exact) mass is 317 g/mol. The molecule has 0 atom stereocenters. The minimum Gasteiger partial charge on any atom is -0.463 e. The van der Waals surface area contributed by atoms with E-state index in [0.717, 1.165) is 17.8 Å². The van der Waals surface area contributed by atoms with E-state index in [0.29, 0.717) is 6.61 Å². The zero-order chi connectivity index (χ0) is 16.9. The van der Waals surface area contributed by atoms with Crippen LogP contribution < -0.4 is 4.90 Å². The largest absolute Gasteiger partial charge is 0.463 e. The average Bonchev–Trinajstić information content (AvgIpc) is 2.56. The summed E-state index contributed by atoms with van der Waals surface area (Å²) >= 11 is 0. The number of carbonyl (C=O) groups is 1. The van der Waals surface area contributed by atoms with Crippen molar-refractivity contribution in [1.29, 1.82) is 0 Å². The molecule has 0 radical (unpaired) electrons. The van der Waals surface area contributed by atoms with Crippen LogP contribution in [0.15, 0.2) is 30.3 Å². The molecule has 0 N–H and O–H groups in total. The van der Waals surface area contributed by atoms with E-state index < -0.39 is 0 Å². The van der Waals surface area contributed by atoms with Gasteiger partial charge in [0.25, 0.3) is 0 Å². The molecule has 0 aliphatic rings. The van der Waals surface area contributed by atoms with Crippen LogP contribution in [0.5, 0.6) is 0 Å². The zero-order valence-electron chi connectivity index (χ0n) is 14.9. The molecule has 0 spiro atoms. The molecule has 0 saturated heterocycles. The smallest absolute Gasteiger partial charge is 0.330 e. The molecule has 0 bridgehead atoms. The number of anilines is 1. The van der Waals surface area contributed by atoms with Crippen LogP contribution in [0.3, 0.4) is 0 Å². The minimum atomic E-state index is -0.291. The lowest BCUT2D eigenvalue weighted by molar-refractivity contribution is -0.137. The minimum absolute atomic E-state index is 0.291. The molecular weight excluding hydrogens is 286 g/mol. The Labute approximate surface area is 141 Å². The van der Waals surface area contributed by atoms with E-state index >= 15 is 0 Å². The number of esters is 1. The second-order valence-electron chi connectivity index (χ2n) is 5.83. The Bertz CT molecular complexity index is 482. The molecule has 3 nitrogen and oxygen atoms in total.